The van der Waals surface area contributed by atoms with E-state index in [0.29, 0.717) is 18.5 Å². The second-order valence-corrected chi connectivity index (χ2v) is 5.25. The highest BCUT2D eigenvalue weighted by Crippen LogP contribution is 2.14. The van der Waals surface area contributed by atoms with E-state index in [1.807, 2.05) is 0 Å². The van der Waals surface area contributed by atoms with Crippen LogP contribution in [0.4, 0.5) is 0 Å². The Morgan fingerprint density at radius 3 is 2.95 bits per heavy atom. The number of hydrogen-bond acceptors (Lipinski definition) is 6. The molecule has 0 aromatic carbocycles. The normalized spacial score (nSPS) is 20.0. The minimum absolute atomic E-state index is 0.313. The average molecular weight is 280 g/mol. The first-order valence-corrected chi connectivity index (χ1v) is 7.20. The maximum absolute atomic E-state index is 9.21. The molecule has 1 aromatic heterocycles. The van der Waals surface area contributed by atoms with Crippen LogP contribution >= 0.6 is 0 Å². The molecule has 6 heteroatoms. The molecular formula is C14H24N4O2. The summed E-state index contributed by atoms with van der Waals surface area (Å²) < 4.78 is 4.93. The van der Waals surface area contributed by atoms with Crippen LogP contribution in [0.15, 0.2) is 12.4 Å². The SMILES string of the molecule is COc1ncc(CNCCN2CCCC(CO)C2)cn1. The van der Waals surface area contributed by atoms with Crippen molar-refractivity contribution in [2.45, 2.75) is 19.4 Å². The quantitative estimate of drug-likeness (QED) is 0.699. The largest absolute Gasteiger partial charge is 0.467 e. The van der Waals surface area contributed by atoms with Gasteiger partial charge in [-0.2, -0.15) is 0 Å². The van der Waals surface area contributed by atoms with E-state index >= 15 is 0 Å². The molecule has 0 radical (unpaired) electrons. The maximum atomic E-state index is 9.21. The van der Waals surface area contributed by atoms with Crippen LogP contribution in [-0.4, -0.2) is 59.9 Å². The van der Waals surface area contributed by atoms with Gasteiger partial charge in [-0.3, -0.25) is 0 Å². The number of rotatable bonds is 7. The third kappa shape index (κ3) is 4.70. The van der Waals surface area contributed by atoms with Gasteiger partial charge in [-0.05, 0) is 25.3 Å². The highest BCUT2D eigenvalue weighted by atomic mass is 16.5. The predicted molar refractivity (Wildman–Crippen MR) is 76.5 cm³/mol. The lowest BCUT2D eigenvalue weighted by atomic mass is 9.99. The molecule has 1 atom stereocenters. The first-order valence-electron chi connectivity index (χ1n) is 7.20. The van der Waals surface area contributed by atoms with Gasteiger partial charge in [0.15, 0.2) is 0 Å². The molecule has 1 aliphatic rings. The van der Waals surface area contributed by atoms with Crippen molar-refractivity contribution in [2.75, 3.05) is 39.9 Å². The van der Waals surface area contributed by atoms with E-state index in [2.05, 4.69) is 20.2 Å². The smallest absolute Gasteiger partial charge is 0.316 e. The number of piperidine rings is 1. The molecule has 0 saturated carbocycles. The van der Waals surface area contributed by atoms with Crippen LogP contribution in [0.5, 0.6) is 6.01 Å². The van der Waals surface area contributed by atoms with Gasteiger partial charge in [-0.15, -0.1) is 0 Å². The molecule has 1 unspecified atom stereocenters. The van der Waals surface area contributed by atoms with Crippen molar-refractivity contribution in [1.82, 2.24) is 20.2 Å². The Morgan fingerprint density at radius 1 is 1.45 bits per heavy atom. The molecule has 2 N–H and O–H groups in total. The van der Waals surface area contributed by atoms with E-state index in [9.17, 15) is 5.11 Å². The molecule has 6 nitrogen and oxygen atoms in total. The molecule has 112 valence electrons. The topological polar surface area (TPSA) is 70.5 Å². The third-order valence-corrected chi connectivity index (χ3v) is 3.66. The Bertz CT molecular complexity index is 385. The minimum atomic E-state index is 0.313. The van der Waals surface area contributed by atoms with E-state index in [1.165, 1.54) is 6.42 Å². The molecule has 0 aliphatic carbocycles. The molecule has 1 fully saturated rings. The summed E-state index contributed by atoms with van der Waals surface area (Å²) in [6.45, 7) is 5.19. The number of aliphatic hydroxyl groups excluding tert-OH is 1. The number of likely N-dealkylation sites (tertiary alicyclic amines) is 1. The van der Waals surface area contributed by atoms with Gasteiger partial charge in [0.05, 0.1) is 7.11 Å². The second-order valence-electron chi connectivity index (χ2n) is 5.25. The lowest BCUT2D eigenvalue weighted by Gasteiger charge is -2.31. The Morgan fingerprint density at radius 2 is 2.25 bits per heavy atom. The molecule has 1 aliphatic heterocycles. The summed E-state index contributed by atoms with van der Waals surface area (Å²) in [6.07, 6.45) is 5.91. The molecule has 0 spiro atoms. The van der Waals surface area contributed by atoms with Crippen LogP contribution in [0.2, 0.25) is 0 Å². The molecule has 1 aromatic rings. The number of aliphatic hydroxyl groups is 1. The van der Waals surface area contributed by atoms with Crippen molar-refractivity contribution in [2.24, 2.45) is 5.92 Å². The predicted octanol–water partition coefficient (Wildman–Crippen LogP) is 0.279. The maximum Gasteiger partial charge on any atom is 0.316 e. The zero-order valence-corrected chi connectivity index (χ0v) is 12.1. The summed E-state index contributed by atoms with van der Waals surface area (Å²) in [4.78, 5) is 10.6. The minimum Gasteiger partial charge on any atom is -0.467 e. The lowest BCUT2D eigenvalue weighted by Crippen LogP contribution is -2.40. The van der Waals surface area contributed by atoms with Gasteiger partial charge in [0.1, 0.15) is 0 Å². The fraction of sp³-hybridized carbons (Fsp3) is 0.714. The fourth-order valence-electron chi connectivity index (χ4n) is 2.51. The van der Waals surface area contributed by atoms with Crippen molar-refractivity contribution in [3.8, 4) is 6.01 Å². The van der Waals surface area contributed by atoms with Gasteiger partial charge < -0.3 is 20.1 Å². The number of aromatic nitrogens is 2. The number of nitrogens with one attached hydrogen (secondary N) is 1. The monoisotopic (exact) mass is 280 g/mol. The van der Waals surface area contributed by atoms with Crippen molar-refractivity contribution in [3.05, 3.63) is 18.0 Å². The highest BCUT2D eigenvalue weighted by molar-refractivity contribution is 5.06. The zero-order valence-electron chi connectivity index (χ0n) is 12.1. The Kier molecular flexibility index (Phi) is 6.17. The van der Waals surface area contributed by atoms with Crippen LogP contribution < -0.4 is 10.1 Å². The van der Waals surface area contributed by atoms with Gasteiger partial charge >= 0.3 is 6.01 Å². The van der Waals surface area contributed by atoms with Crippen LogP contribution in [0.3, 0.4) is 0 Å². The van der Waals surface area contributed by atoms with Crippen molar-refractivity contribution >= 4 is 0 Å². The molecule has 1 saturated heterocycles. The van der Waals surface area contributed by atoms with E-state index in [0.717, 1.165) is 44.7 Å². The number of nitrogens with zero attached hydrogens (tertiary/aromatic N) is 3. The molecule has 0 amide bonds. The van der Waals surface area contributed by atoms with Gasteiger partial charge in [-0.1, -0.05) is 0 Å². The van der Waals surface area contributed by atoms with Gasteiger partial charge in [0, 0.05) is 50.7 Å². The van der Waals surface area contributed by atoms with Crippen LogP contribution in [0.25, 0.3) is 0 Å². The number of methoxy groups -OCH3 is 1. The van der Waals surface area contributed by atoms with Gasteiger partial charge in [0.2, 0.25) is 0 Å². The standard InChI is InChI=1S/C14H24N4O2/c1-20-14-16-8-13(9-17-14)7-15-4-6-18-5-2-3-12(10-18)11-19/h8-9,12,15,19H,2-7,10-11H2,1H3. The number of ether oxygens (including phenoxy) is 1. The highest BCUT2D eigenvalue weighted by Gasteiger charge is 2.18. The van der Waals surface area contributed by atoms with Crippen LogP contribution in [-0.2, 0) is 6.54 Å². The first-order chi connectivity index (χ1) is 9.81. The molecule has 20 heavy (non-hydrogen) atoms. The summed E-state index contributed by atoms with van der Waals surface area (Å²) in [5.41, 5.74) is 1.05. The van der Waals surface area contributed by atoms with Crippen LogP contribution in [0.1, 0.15) is 18.4 Å². The second kappa shape index (κ2) is 8.14. The van der Waals surface area contributed by atoms with Crippen molar-refractivity contribution in [3.63, 3.8) is 0 Å². The summed E-state index contributed by atoms with van der Waals surface area (Å²) in [5, 5.41) is 12.6. The van der Waals surface area contributed by atoms with Gasteiger partial charge in [-0.25, -0.2) is 9.97 Å². The van der Waals surface area contributed by atoms with Gasteiger partial charge in [0.25, 0.3) is 0 Å². The first kappa shape index (κ1) is 15.2. The van der Waals surface area contributed by atoms with E-state index < -0.39 is 0 Å². The molecule has 2 heterocycles. The fourth-order valence-corrected chi connectivity index (χ4v) is 2.51. The van der Waals surface area contributed by atoms with E-state index in [1.54, 1.807) is 19.5 Å². The van der Waals surface area contributed by atoms with E-state index in [4.69, 9.17) is 4.74 Å². The molecular weight excluding hydrogens is 256 g/mol. The molecule has 0 bridgehead atoms. The summed E-state index contributed by atoms with van der Waals surface area (Å²) >= 11 is 0. The van der Waals surface area contributed by atoms with E-state index in [-0.39, 0.29) is 0 Å². The summed E-state index contributed by atoms with van der Waals surface area (Å²) in [7, 11) is 1.56. The Balaban J connectivity index is 1.63. The number of hydrogen-bond donors (Lipinski definition) is 2. The average Bonchev–Trinajstić information content (AvgIpc) is 2.52. The van der Waals surface area contributed by atoms with Crippen LogP contribution in [0, 0.1) is 5.92 Å². The van der Waals surface area contributed by atoms with Crippen molar-refractivity contribution < 1.29 is 9.84 Å². The summed E-state index contributed by atoms with van der Waals surface area (Å²) in [6, 6.07) is 0.400. The van der Waals surface area contributed by atoms with Crippen molar-refractivity contribution in [1.29, 1.82) is 0 Å². The third-order valence-electron chi connectivity index (χ3n) is 3.66. The molecule has 2 rings (SSSR count). The summed E-state index contributed by atoms with van der Waals surface area (Å²) in [5.74, 6) is 0.457. The zero-order chi connectivity index (χ0) is 14.2. The Hall–Kier alpha value is -1.24. The lowest BCUT2D eigenvalue weighted by molar-refractivity contribution is 0.121. The Labute approximate surface area is 120 Å².